The van der Waals surface area contributed by atoms with Gasteiger partial charge in [-0.1, -0.05) is 133 Å². The zero-order chi connectivity index (χ0) is 33.0. The molecule has 2 aliphatic rings. The Balaban J connectivity index is 1.08. The summed E-state index contributed by atoms with van der Waals surface area (Å²) in [5.41, 5.74) is 12.6. The fourth-order valence-electron chi connectivity index (χ4n) is 7.23. The van der Waals surface area contributed by atoms with Crippen LogP contribution in [0.3, 0.4) is 0 Å². The van der Waals surface area contributed by atoms with E-state index in [0.717, 1.165) is 45.9 Å². The summed E-state index contributed by atoms with van der Waals surface area (Å²) in [4.78, 5) is 11.8. The van der Waals surface area contributed by atoms with Crippen molar-refractivity contribution >= 4 is 48.8 Å². The molecule has 1 atom stereocenters. The van der Waals surface area contributed by atoms with Crippen LogP contribution in [0.15, 0.2) is 169 Å². The first-order valence-corrected chi connectivity index (χ1v) is 18.7. The van der Waals surface area contributed by atoms with Crippen LogP contribution in [0.25, 0.3) is 81.9 Å². The van der Waals surface area contributed by atoms with Gasteiger partial charge in [0.2, 0.25) is 0 Å². The molecule has 1 aliphatic carbocycles. The second kappa shape index (κ2) is 12.1. The number of thioether (sulfide) groups is 1. The van der Waals surface area contributed by atoms with E-state index in [4.69, 9.17) is 9.97 Å². The van der Waals surface area contributed by atoms with Crippen LogP contribution in [0.5, 0.6) is 0 Å². The molecule has 2 aromatic heterocycles. The van der Waals surface area contributed by atoms with Crippen LogP contribution in [0.1, 0.15) is 12.0 Å². The predicted molar refractivity (Wildman–Crippen MR) is 213 cm³/mol. The van der Waals surface area contributed by atoms with Gasteiger partial charge in [-0.3, -0.25) is 0 Å². The molecule has 0 amide bonds. The fraction of sp³-hybridized carbons (Fsp3) is 0.0435. The summed E-state index contributed by atoms with van der Waals surface area (Å²) < 4.78 is 2.57. The van der Waals surface area contributed by atoms with Crippen molar-refractivity contribution in [3.05, 3.63) is 169 Å². The Morgan fingerprint density at radius 1 is 0.500 bits per heavy atom. The molecule has 0 saturated carbocycles. The smallest absolute Gasteiger partial charge is 0.160 e. The standard InChI is InChI=1S/C46H30N2S2/c1-2-9-29(10-3-1)30-17-19-31(20-18-30)32-11-8-12-33(25-32)40-28-41(34-21-23-38-36-13-4-6-15-42(36)49-44(38)26-34)48-46(47-40)35-22-24-39-37-14-5-7-16-43(37)50-45(39)27-35/h1-15,17-28,43H,16H2. The van der Waals surface area contributed by atoms with Gasteiger partial charge in [-0.2, -0.15) is 0 Å². The quantitative estimate of drug-likeness (QED) is 0.182. The molecule has 8 aromatic rings. The second-order valence-corrected chi connectivity index (χ2v) is 15.2. The minimum Gasteiger partial charge on any atom is -0.228 e. The van der Waals surface area contributed by atoms with Crippen molar-refractivity contribution in [3.8, 4) is 56.2 Å². The van der Waals surface area contributed by atoms with E-state index in [-0.39, 0.29) is 0 Å². The van der Waals surface area contributed by atoms with Gasteiger partial charge in [-0.15, -0.1) is 23.1 Å². The van der Waals surface area contributed by atoms with Gasteiger partial charge >= 0.3 is 0 Å². The minimum absolute atomic E-state index is 0.491. The highest BCUT2D eigenvalue weighted by molar-refractivity contribution is 8.00. The van der Waals surface area contributed by atoms with Crippen LogP contribution in [0.4, 0.5) is 0 Å². The van der Waals surface area contributed by atoms with Gasteiger partial charge in [0.25, 0.3) is 0 Å². The van der Waals surface area contributed by atoms with Crippen molar-refractivity contribution in [1.82, 2.24) is 9.97 Å². The zero-order valence-electron chi connectivity index (χ0n) is 27.1. The van der Waals surface area contributed by atoms with Crippen LogP contribution in [0.2, 0.25) is 0 Å². The summed E-state index contributed by atoms with van der Waals surface area (Å²) in [5.74, 6) is 0.747. The lowest BCUT2D eigenvalue weighted by molar-refractivity contribution is 1.09. The molecule has 0 spiro atoms. The molecule has 1 aliphatic heterocycles. The highest BCUT2D eigenvalue weighted by Gasteiger charge is 2.28. The average Bonchev–Trinajstić information content (AvgIpc) is 3.76. The third-order valence-corrected chi connectivity index (χ3v) is 12.3. The van der Waals surface area contributed by atoms with Gasteiger partial charge in [-0.05, 0) is 70.1 Å². The summed E-state index contributed by atoms with van der Waals surface area (Å²) in [7, 11) is 0. The van der Waals surface area contributed by atoms with Crippen LogP contribution < -0.4 is 0 Å². The van der Waals surface area contributed by atoms with Gasteiger partial charge in [0, 0.05) is 47.0 Å². The number of hydrogen-bond donors (Lipinski definition) is 0. The largest absolute Gasteiger partial charge is 0.228 e. The first-order chi connectivity index (χ1) is 24.7. The first kappa shape index (κ1) is 29.4. The third-order valence-electron chi connectivity index (χ3n) is 9.81. The summed E-state index contributed by atoms with van der Waals surface area (Å²) in [5, 5.41) is 3.08. The average molecular weight is 675 g/mol. The first-order valence-electron chi connectivity index (χ1n) is 17.0. The molecule has 4 heteroatoms. The molecular formula is C46H30N2S2. The van der Waals surface area contributed by atoms with E-state index in [2.05, 4.69) is 164 Å². The van der Waals surface area contributed by atoms with Crippen LogP contribution in [0, 0.1) is 0 Å². The van der Waals surface area contributed by atoms with Crippen molar-refractivity contribution in [2.45, 2.75) is 16.6 Å². The third kappa shape index (κ3) is 5.20. The van der Waals surface area contributed by atoms with Gasteiger partial charge in [0.1, 0.15) is 0 Å². The monoisotopic (exact) mass is 674 g/mol. The van der Waals surface area contributed by atoms with Crippen molar-refractivity contribution in [3.63, 3.8) is 0 Å². The van der Waals surface area contributed by atoms with E-state index < -0.39 is 0 Å². The van der Waals surface area contributed by atoms with E-state index in [1.807, 2.05) is 23.1 Å². The lowest BCUT2D eigenvalue weighted by atomic mass is 9.96. The molecule has 6 aromatic carbocycles. The normalized spacial score (nSPS) is 14.9. The molecule has 0 saturated heterocycles. The Kier molecular flexibility index (Phi) is 7.11. The van der Waals surface area contributed by atoms with Gasteiger partial charge in [0.05, 0.1) is 11.4 Å². The number of fused-ring (bicyclic) bond motifs is 6. The number of rotatable bonds is 5. The van der Waals surface area contributed by atoms with E-state index >= 15 is 0 Å². The van der Waals surface area contributed by atoms with Crippen molar-refractivity contribution in [2.75, 3.05) is 0 Å². The number of aromatic nitrogens is 2. The van der Waals surface area contributed by atoms with E-state index in [1.165, 1.54) is 52.9 Å². The molecule has 236 valence electrons. The van der Waals surface area contributed by atoms with E-state index in [0.29, 0.717) is 5.25 Å². The molecule has 1 unspecified atom stereocenters. The number of nitrogens with zero attached hydrogens (tertiary/aromatic N) is 2. The molecule has 0 radical (unpaired) electrons. The van der Waals surface area contributed by atoms with E-state index in [1.54, 1.807) is 0 Å². The molecule has 2 nitrogen and oxygen atoms in total. The highest BCUT2D eigenvalue weighted by Crippen LogP contribution is 2.49. The summed E-state index contributed by atoms with van der Waals surface area (Å²) in [6, 6.07) is 52.4. The van der Waals surface area contributed by atoms with Crippen molar-refractivity contribution in [2.24, 2.45) is 0 Å². The van der Waals surface area contributed by atoms with Crippen molar-refractivity contribution in [1.29, 1.82) is 0 Å². The molecule has 10 rings (SSSR count). The molecule has 3 heterocycles. The Hall–Kier alpha value is -5.55. The predicted octanol–water partition coefficient (Wildman–Crippen LogP) is 13.0. The fourth-order valence-corrected chi connectivity index (χ4v) is 9.73. The Morgan fingerprint density at radius 2 is 1.16 bits per heavy atom. The number of benzene rings is 6. The second-order valence-electron chi connectivity index (χ2n) is 12.9. The molecular weight excluding hydrogens is 645 g/mol. The zero-order valence-corrected chi connectivity index (χ0v) is 28.7. The van der Waals surface area contributed by atoms with Gasteiger partial charge in [-0.25, -0.2) is 9.97 Å². The molecule has 0 bridgehead atoms. The van der Waals surface area contributed by atoms with Gasteiger partial charge in [0.15, 0.2) is 5.82 Å². The molecule has 0 fully saturated rings. The summed E-state index contributed by atoms with van der Waals surface area (Å²) in [6.07, 6.45) is 7.80. The Labute approximate surface area is 299 Å². The lowest BCUT2D eigenvalue weighted by Gasteiger charge is -2.12. The van der Waals surface area contributed by atoms with Crippen LogP contribution in [-0.2, 0) is 0 Å². The Bertz CT molecular complexity index is 2650. The maximum atomic E-state index is 5.26. The molecule has 50 heavy (non-hydrogen) atoms. The molecule has 0 N–H and O–H groups in total. The van der Waals surface area contributed by atoms with Crippen molar-refractivity contribution < 1.29 is 0 Å². The minimum atomic E-state index is 0.491. The van der Waals surface area contributed by atoms with Gasteiger partial charge < -0.3 is 0 Å². The number of hydrogen-bond acceptors (Lipinski definition) is 4. The topological polar surface area (TPSA) is 25.8 Å². The SMILES string of the molecule is C1=CCC2Sc3cc(-c4nc(-c5cccc(-c6ccc(-c7ccccc7)cc6)c5)cc(-c5ccc6c(c5)sc5ccccc56)n4)ccc3C2=C1. The maximum absolute atomic E-state index is 5.26. The van der Waals surface area contributed by atoms with Crippen LogP contribution in [-0.4, -0.2) is 15.2 Å². The highest BCUT2D eigenvalue weighted by atomic mass is 32.2. The Morgan fingerprint density at radius 3 is 2.02 bits per heavy atom. The lowest BCUT2D eigenvalue weighted by Crippen LogP contribution is -2.00. The maximum Gasteiger partial charge on any atom is 0.160 e. The number of thiophene rings is 1. The summed E-state index contributed by atoms with van der Waals surface area (Å²) >= 11 is 3.80. The summed E-state index contributed by atoms with van der Waals surface area (Å²) in [6.45, 7) is 0. The number of allylic oxidation sites excluding steroid dienone is 3. The van der Waals surface area contributed by atoms with E-state index in [9.17, 15) is 0 Å². The van der Waals surface area contributed by atoms with Crippen LogP contribution >= 0.6 is 23.1 Å².